The van der Waals surface area contributed by atoms with Gasteiger partial charge in [-0.15, -0.1) is 0 Å². The Balaban J connectivity index is 1.71. The van der Waals surface area contributed by atoms with Crippen LogP contribution in [0, 0.1) is 5.82 Å². The summed E-state index contributed by atoms with van der Waals surface area (Å²) in [6.45, 7) is 2.72. The summed E-state index contributed by atoms with van der Waals surface area (Å²) in [5, 5.41) is 8.51. The number of carbonyl (C=O) groups excluding carboxylic acids is 3. The van der Waals surface area contributed by atoms with Crippen molar-refractivity contribution in [2.24, 2.45) is 0 Å². The average Bonchev–Trinajstić information content (AvgIpc) is 3.11. The molecule has 1 aromatic rings. The van der Waals surface area contributed by atoms with Crippen molar-refractivity contribution in [2.75, 3.05) is 19.6 Å². The predicted molar refractivity (Wildman–Crippen MR) is 83.4 cm³/mol. The van der Waals surface area contributed by atoms with Gasteiger partial charge in [-0.2, -0.15) is 0 Å². The molecule has 2 fully saturated rings. The molecule has 8 heteroatoms. The molecule has 0 aromatic heterocycles. The number of rotatable bonds is 4. The minimum atomic E-state index is -1.31. The fraction of sp³-hybridized carbons (Fsp3) is 0.438. The summed E-state index contributed by atoms with van der Waals surface area (Å²) >= 11 is 0. The van der Waals surface area contributed by atoms with Crippen molar-refractivity contribution in [3.8, 4) is 0 Å². The van der Waals surface area contributed by atoms with Gasteiger partial charge in [0.2, 0.25) is 5.91 Å². The second kappa shape index (κ2) is 6.20. The number of amides is 4. The first-order chi connectivity index (χ1) is 11.4. The van der Waals surface area contributed by atoms with E-state index >= 15 is 0 Å². The maximum atomic E-state index is 13.1. The molecule has 4 amide bonds. The van der Waals surface area contributed by atoms with Crippen LogP contribution >= 0.6 is 0 Å². The van der Waals surface area contributed by atoms with Crippen LogP contribution in [0.25, 0.3) is 0 Å². The Labute approximate surface area is 138 Å². The summed E-state index contributed by atoms with van der Waals surface area (Å²) in [5.74, 6) is -1.34. The zero-order valence-corrected chi connectivity index (χ0v) is 13.3. The van der Waals surface area contributed by atoms with Crippen LogP contribution in [0.2, 0.25) is 0 Å². The zero-order chi connectivity index (χ0) is 17.3. The maximum absolute atomic E-state index is 13.1. The second-order valence-electron chi connectivity index (χ2n) is 6.21. The molecule has 2 heterocycles. The smallest absolute Gasteiger partial charge is 0.325 e. The highest BCUT2D eigenvalue weighted by atomic mass is 19.1. The fourth-order valence-corrected chi connectivity index (χ4v) is 3.01. The number of halogens is 1. The van der Waals surface area contributed by atoms with Crippen molar-refractivity contribution in [3.05, 3.63) is 35.6 Å². The molecule has 2 atom stereocenters. The number of imide groups is 1. The van der Waals surface area contributed by atoms with E-state index in [-0.39, 0.29) is 18.5 Å². The zero-order valence-electron chi connectivity index (χ0n) is 13.3. The summed E-state index contributed by atoms with van der Waals surface area (Å²) in [6, 6.07) is 4.72. The normalized spacial score (nSPS) is 26.6. The van der Waals surface area contributed by atoms with Crippen LogP contribution in [-0.2, 0) is 15.1 Å². The molecule has 0 spiro atoms. The highest BCUT2D eigenvalue weighted by Crippen LogP contribution is 2.28. The fourth-order valence-electron chi connectivity index (χ4n) is 3.01. The van der Waals surface area contributed by atoms with Gasteiger partial charge in [-0.1, -0.05) is 12.1 Å². The number of nitrogens with zero attached hydrogens (tertiary/aromatic N) is 1. The predicted octanol–water partition coefficient (Wildman–Crippen LogP) is 0.0708. The first-order valence-corrected chi connectivity index (χ1v) is 7.80. The third kappa shape index (κ3) is 2.96. The topological polar surface area (TPSA) is 90.5 Å². The number of nitrogens with one attached hydrogen (secondary N) is 3. The van der Waals surface area contributed by atoms with Gasteiger partial charge in [0.1, 0.15) is 17.9 Å². The van der Waals surface area contributed by atoms with Crippen molar-refractivity contribution in [1.29, 1.82) is 0 Å². The quantitative estimate of drug-likeness (QED) is 0.680. The van der Waals surface area contributed by atoms with Crippen LogP contribution in [0.1, 0.15) is 18.9 Å². The van der Waals surface area contributed by atoms with Crippen molar-refractivity contribution in [2.45, 2.75) is 24.9 Å². The van der Waals surface area contributed by atoms with E-state index in [1.807, 2.05) is 0 Å². The minimum Gasteiger partial charge on any atom is -0.350 e. The Kier molecular flexibility index (Phi) is 4.23. The van der Waals surface area contributed by atoms with E-state index in [9.17, 15) is 18.8 Å². The molecule has 7 nitrogen and oxygen atoms in total. The van der Waals surface area contributed by atoms with Gasteiger partial charge in [-0.05, 0) is 37.6 Å². The van der Waals surface area contributed by atoms with E-state index in [1.165, 1.54) is 24.3 Å². The van der Waals surface area contributed by atoms with Crippen molar-refractivity contribution in [3.63, 3.8) is 0 Å². The monoisotopic (exact) mass is 334 g/mol. The Morgan fingerprint density at radius 3 is 2.71 bits per heavy atom. The molecule has 0 unspecified atom stereocenters. The molecular formula is C16H19FN4O3. The standard InChI is InChI=1S/C16H19FN4O3/c1-16(10-2-4-11(17)5-3-10)14(23)21(15(24)20-16)9-13(22)19-12-6-7-18-8-12/h2-5,12,18H,6-9H2,1H3,(H,19,22)(H,20,24)/t12-,16+/m0/s1. The van der Waals surface area contributed by atoms with Crippen molar-refractivity contribution in [1.82, 2.24) is 20.9 Å². The lowest BCUT2D eigenvalue weighted by atomic mass is 9.92. The van der Waals surface area contributed by atoms with Gasteiger partial charge >= 0.3 is 6.03 Å². The van der Waals surface area contributed by atoms with Crippen LogP contribution in [0.15, 0.2) is 24.3 Å². The Morgan fingerprint density at radius 2 is 2.08 bits per heavy atom. The highest BCUT2D eigenvalue weighted by Gasteiger charge is 2.49. The van der Waals surface area contributed by atoms with Gasteiger partial charge in [-0.3, -0.25) is 14.5 Å². The van der Waals surface area contributed by atoms with Gasteiger partial charge in [-0.25, -0.2) is 9.18 Å². The van der Waals surface area contributed by atoms with Crippen molar-refractivity contribution < 1.29 is 18.8 Å². The van der Waals surface area contributed by atoms with E-state index in [4.69, 9.17) is 0 Å². The van der Waals surface area contributed by atoms with Crippen LogP contribution in [-0.4, -0.2) is 48.4 Å². The average molecular weight is 334 g/mol. The van der Waals surface area contributed by atoms with E-state index in [1.54, 1.807) is 6.92 Å². The van der Waals surface area contributed by atoms with Gasteiger partial charge in [0.15, 0.2) is 0 Å². The second-order valence-corrected chi connectivity index (χ2v) is 6.21. The highest BCUT2D eigenvalue weighted by molar-refractivity contribution is 6.09. The third-order valence-corrected chi connectivity index (χ3v) is 4.42. The Hall–Kier alpha value is -2.48. The summed E-state index contributed by atoms with van der Waals surface area (Å²) in [7, 11) is 0. The summed E-state index contributed by atoms with van der Waals surface area (Å²) in [6.07, 6.45) is 0.819. The number of hydrogen-bond donors (Lipinski definition) is 3. The maximum Gasteiger partial charge on any atom is 0.325 e. The lowest BCUT2D eigenvalue weighted by Crippen LogP contribution is -2.46. The SMILES string of the molecule is C[C@]1(c2ccc(F)cc2)NC(=O)N(CC(=O)N[C@H]2CCNC2)C1=O. The third-order valence-electron chi connectivity index (χ3n) is 4.42. The Morgan fingerprint density at radius 1 is 1.38 bits per heavy atom. The van der Waals surface area contributed by atoms with E-state index in [0.717, 1.165) is 17.9 Å². The molecule has 24 heavy (non-hydrogen) atoms. The lowest BCUT2D eigenvalue weighted by Gasteiger charge is -2.22. The van der Waals surface area contributed by atoms with E-state index in [0.29, 0.717) is 12.1 Å². The van der Waals surface area contributed by atoms with Gasteiger partial charge in [0.25, 0.3) is 5.91 Å². The summed E-state index contributed by atoms with van der Waals surface area (Å²) in [4.78, 5) is 37.8. The molecule has 2 saturated heterocycles. The number of urea groups is 1. The summed E-state index contributed by atoms with van der Waals surface area (Å²) in [5.41, 5.74) is -0.842. The summed E-state index contributed by atoms with van der Waals surface area (Å²) < 4.78 is 13.1. The van der Waals surface area contributed by atoms with Crippen LogP contribution < -0.4 is 16.0 Å². The largest absolute Gasteiger partial charge is 0.350 e. The van der Waals surface area contributed by atoms with Gasteiger partial charge in [0.05, 0.1) is 0 Å². The molecule has 3 rings (SSSR count). The van der Waals surface area contributed by atoms with Crippen molar-refractivity contribution >= 4 is 17.8 Å². The first kappa shape index (κ1) is 16.4. The molecule has 1 aromatic carbocycles. The molecule has 2 aliphatic heterocycles. The number of carbonyl (C=O) groups is 3. The van der Waals surface area contributed by atoms with Gasteiger partial charge in [0, 0.05) is 12.6 Å². The van der Waals surface area contributed by atoms with E-state index < -0.39 is 23.3 Å². The minimum absolute atomic E-state index is 0.0155. The Bertz CT molecular complexity index is 672. The molecular weight excluding hydrogens is 315 g/mol. The van der Waals surface area contributed by atoms with Crippen LogP contribution in [0.4, 0.5) is 9.18 Å². The van der Waals surface area contributed by atoms with Crippen LogP contribution in [0.3, 0.4) is 0 Å². The number of hydrogen-bond acceptors (Lipinski definition) is 4. The molecule has 128 valence electrons. The molecule has 2 aliphatic rings. The first-order valence-electron chi connectivity index (χ1n) is 7.80. The van der Waals surface area contributed by atoms with Gasteiger partial charge < -0.3 is 16.0 Å². The molecule has 0 saturated carbocycles. The molecule has 3 N–H and O–H groups in total. The number of benzene rings is 1. The van der Waals surface area contributed by atoms with Crippen LogP contribution in [0.5, 0.6) is 0 Å². The molecule has 0 bridgehead atoms. The van der Waals surface area contributed by atoms with E-state index in [2.05, 4.69) is 16.0 Å². The lowest BCUT2D eigenvalue weighted by molar-refractivity contribution is -0.135. The molecule has 0 aliphatic carbocycles. The molecule has 0 radical (unpaired) electrons.